The molecule has 0 aromatic rings. The van der Waals surface area contributed by atoms with Crippen LogP contribution in [-0.4, -0.2) is 56.5 Å². The fraction of sp³-hybridized carbons (Fsp3) is 0.889. The zero-order valence-corrected chi connectivity index (χ0v) is 8.49. The number of hydrogen-bond acceptors (Lipinski definition) is 4. The van der Waals surface area contributed by atoms with E-state index < -0.39 is 0 Å². The van der Waals surface area contributed by atoms with E-state index in [1.54, 1.807) is 0 Å². The highest BCUT2D eigenvalue weighted by Crippen LogP contribution is 2.30. The number of likely N-dealkylation sites (tertiary alicyclic amines) is 1. The van der Waals surface area contributed by atoms with E-state index in [4.69, 9.17) is 5.73 Å². The molecule has 2 N–H and O–H groups in total. The van der Waals surface area contributed by atoms with Crippen molar-refractivity contribution < 1.29 is 4.79 Å². The molecule has 0 unspecified atom stereocenters. The Morgan fingerprint density at radius 3 is 2.54 bits per heavy atom. The van der Waals surface area contributed by atoms with Crippen molar-refractivity contribution in [3.8, 4) is 0 Å². The first-order chi connectivity index (χ1) is 6.12. The number of carbonyl (C=O) groups is 1. The first kappa shape index (κ1) is 10.6. The van der Waals surface area contributed by atoms with Crippen LogP contribution in [0.4, 0.5) is 0 Å². The summed E-state index contributed by atoms with van der Waals surface area (Å²) in [6, 6.07) is 0. The van der Waals surface area contributed by atoms with Crippen LogP contribution in [0.3, 0.4) is 0 Å². The summed E-state index contributed by atoms with van der Waals surface area (Å²) in [5.74, 6) is 0. The smallest absolute Gasteiger partial charge is 0.128 e. The molecule has 76 valence electrons. The van der Waals surface area contributed by atoms with Gasteiger partial charge in [0.25, 0.3) is 0 Å². The maximum absolute atomic E-state index is 10.9. The molecule has 0 aliphatic carbocycles. The monoisotopic (exact) mass is 185 g/mol. The average Bonchev–Trinajstić information content (AvgIpc) is 2.03. The number of nitrogens with zero attached hydrogens (tertiary/aromatic N) is 2. The lowest BCUT2D eigenvalue weighted by Crippen LogP contribution is -2.59. The van der Waals surface area contributed by atoms with Gasteiger partial charge in [-0.3, -0.25) is 4.90 Å². The lowest BCUT2D eigenvalue weighted by Gasteiger charge is -2.46. The Labute approximate surface area is 79.7 Å². The second-order valence-electron chi connectivity index (χ2n) is 4.20. The van der Waals surface area contributed by atoms with Gasteiger partial charge in [-0.15, -0.1) is 0 Å². The summed E-state index contributed by atoms with van der Waals surface area (Å²) in [6.07, 6.45) is 2.04. The fourth-order valence-corrected chi connectivity index (χ4v) is 1.71. The molecule has 1 heterocycles. The van der Waals surface area contributed by atoms with Gasteiger partial charge in [-0.25, -0.2) is 0 Å². The molecule has 1 aliphatic rings. The topological polar surface area (TPSA) is 49.6 Å². The van der Waals surface area contributed by atoms with E-state index in [9.17, 15) is 4.79 Å². The van der Waals surface area contributed by atoms with Crippen LogP contribution in [0.1, 0.15) is 6.42 Å². The second-order valence-corrected chi connectivity index (χ2v) is 4.20. The molecule has 4 nitrogen and oxygen atoms in total. The minimum absolute atomic E-state index is 0.107. The van der Waals surface area contributed by atoms with Gasteiger partial charge < -0.3 is 15.4 Å². The standard InChI is InChI=1S/C9H19N3O/c1-11(2)4-3-9(7-13)5-12(6-9)8-10/h7H,3-6,8,10H2,1-2H3. The van der Waals surface area contributed by atoms with Gasteiger partial charge in [-0.2, -0.15) is 0 Å². The minimum atomic E-state index is -0.107. The molecule has 4 heteroatoms. The van der Waals surface area contributed by atoms with Crippen molar-refractivity contribution in [1.82, 2.24) is 9.80 Å². The molecule has 1 rings (SSSR count). The van der Waals surface area contributed by atoms with Gasteiger partial charge in [0.05, 0.1) is 5.41 Å². The van der Waals surface area contributed by atoms with Gasteiger partial charge in [0.15, 0.2) is 0 Å². The molecule has 0 bridgehead atoms. The Kier molecular flexibility index (Phi) is 3.41. The molecular weight excluding hydrogens is 166 g/mol. The van der Waals surface area contributed by atoms with E-state index in [1.807, 2.05) is 14.1 Å². The third-order valence-corrected chi connectivity index (χ3v) is 2.64. The third kappa shape index (κ3) is 2.49. The number of rotatable bonds is 5. The molecule has 1 aliphatic heterocycles. The van der Waals surface area contributed by atoms with Gasteiger partial charge in [-0.1, -0.05) is 0 Å². The fourth-order valence-electron chi connectivity index (χ4n) is 1.71. The van der Waals surface area contributed by atoms with Crippen molar-refractivity contribution in [2.45, 2.75) is 6.42 Å². The number of carbonyl (C=O) groups excluding carboxylic acids is 1. The van der Waals surface area contributed by atoms with E-state index in [0.717, 1.165) is 32.3 Å². The quantitative estimate of drug-likeness (QED) is 0.579. The van der Waals surface area contributed by atoms with E-state index in [1.165, 1.54) is 0 Å². The summed E-state index contributed by atoms with van der Waals surface area (Å²) in [6.45, 7) is 3.20. The van der Waals surface area contributed by atoms with Gasteiger partial charge in [0.2, 0.25) is 0 Å². The molecular formula is C9H19N3O. The highest BCUT2D eigenvalue weighted by molar-refractivity contribution is 5.62. The van der Waals surface area contributed by atoms with E-state index in [0.29, 0.717) is 6.67 Å². The molecule has 0 saturated carbocycles. The molecule has 0 spiro atoms. The Balaban J connectivity index is 2.32. The molecule has 0 aromatic carbocycles. The summed E-state index contributed by atoms with van der Waals surface area (Å²) in [7, 11) is 4.05. The first-order valence-corrected chi connectivity index (χ1v) is 4.65. The van der Waals surface area contributed by atoms with Crippen LogP contribution < -0.4 is 5.73 Å². The highest BCUT2D eigenvalue weighted by atomic mass is 16.1. The zero-order chi connectivity index (χ0) is 9.90. The summed E-state index contributed by atoms with van der Waals surface area (Å²) >= 11 is 0. The lowest BCUT2D eigenvalue weighted by atomic mass is 9.78. The van der Waals surface area contributed by atoms with Gasteiger partial charge >= 0.3 is 0 Å². The predicted molar refractivity (Wildman–Crippen MR) is 52.3 cm³/mol. The third-order valence-electron chi connectivity index (χ3n) is 2.64. The average molecular weight is 185 g/mol. The van der Waals surface area contributed by atoms with E-state index >= 15 is 0 Å². The normalized spacial score (nSPS) is 21.5. The number of nitrogens with two attached hydrogens (primary N) is 1. The molecule has 1 fully saturated rings. The molecule has 0 aromatic heterocycles. The van der Waals surface area contributed by atoms with Crippen molar-refractivity contribution in [2.75, 3.05) is 40.4 Å². The van der Waals surface area contributed by atoms with Crippen LogP contribution in [0.2, 0.25) is 0 Å². The zero-order valence-electron chi connectivity index (χ0n) is 8.49. The maximum atomic E-state index is 10.9. The molecule has 0 radical (unpaired) electrons. The molecule has 0 amide bonds. The molecule has 0 atom stereocenters. The summed E-state index contributed by atoms with van der Waals surface area (Å²) < 4.78 is 0. The van der Waals surface area contributed by atoms with Crippen molar-refractivity contribution in [3.05, 3.63) is 0 Å². The van der Waals surface area contributed by atoms with Crippen LogP contribution >= 0.6 is 0 Å². The largest absolute Gasteiger partial charge is 0.318 e. The van der Waals surface area contributed by atoms with Crippen molar-refractivity contribution >= 4 is 6.29 Å². The van der Waals surface area contributed by atoms with Gasteiger partial charge in [0, 0.05) is 19.8 Å². The summed E-state index contributed by atoms with van der Waals surface area (Å²) in [5.41, 5.74) is 5.36. The predicted octanol–water partition coefficient (Wildman–Crippen LogP) is -0.645. The Bertz CT molecular complexity index is 176. The number of aldehydes is 1. The molecule has 1 saturated heterocycles. The van der Waals surface area contributed by atoms with E-state index in [2.05, 4.69) is 9.80 Å². The van der Waals surface area contributed by atoms with Gasteiger partial charge in [0.1, 0.15) is 6.29 Å². The number of hydrogen-bond donors (Lipinski definition) is 1. The molecule has 13 heavy (non-hydrogen) atoms. The first-order valence-electron chi connectivity index (χ1n) is 4.65. The van der Waals surface area contributed by atoms with Crippen LogP contribution in [0.15, 0.2) is 0 Å². The van der Waals surface area contributed by atoms with E-state index in [-0.39, 0.29) is 5.41 Å². The van der Waals surface area contributed by atoms with Crippen LogP contribution in [0.25, 0.3) is 0 Å². The van der Waals surface area contributed by atoms with Crippen LogP contribution in [0, 0.1) is 5.41 Å². The Morgan fingerprint density at radius 2 is 2.15 bits per heavy atom. The highest BCUT2D eigenvalue weighted by Gasteiger charge is 2.41. The maximum Gasteiger partial charge on any atom is 0.128 e. The van der Waals surface area contributed by atoms with Crippen LogP contribution in [-0.2, 0) is 4.79 Å². The minimum Gasteiger partial charge on any atom is -0.318 e. The lowest BCUT2D eigenvalue weighted by molar-refractivity contribution is -0.126. The van der Waals surface area contributed by atoms with Crippen LogP contribution in [0.5, 0.6) is 0 Å². The van der Waals surface area contributed by atoms with Crippen molar-refractivity contribution in [3.63, 3.8) is 0 Å². The SMILES string of the molecule is CN(C)CCC1(C=O)CN(CN)C1. The van der Waals surface area contributed by atoms with Crippen molar-refractivity contribution in [2.24, 2.45) is 11.1 Å². The Morgan fingerprint density at radius 1 is 1.54 bits per heavy atom. The second kappa shape index (κ2) is 4.17. The summed E-state index contributed by atoms with van der Waals surface area (Å²) in [5, 5.41) is 0. The Hall–Kier alpha value is -0.450. The van der Waals surface area contributed by atoms with Crippen molar-refractivity contribution in [1.29, 1.82) is 0 Å². The van der Waals surface area contributed by atoms with Gasteiger partial charge in [-0.05, 0) is 27.1 Å². The summed E-state index contributed by atoms with van der Waals surface area (Å²) in [4.78, 5) is 15.1.